The Morgan fingerprint density at radius 1 is 0.727 bits per heavy atom. The van der Waals surface area contributed by atoms with Gasteiger partial charge in [0, 0.05) is 28.0 Å². The van der Waals surface area contributed by atoms with Crippen LogP contribution in [0.5, 0.6) is 0 Å². The van der Waals surface area contributed by atoms with Gasteiger partial charge in [0.1, 0.15) is 11.2 Å². The molecule has 8 rings (SSSR count). The lowest BCUT2D eigenvalue weighted by molar-refractivity contribution is 0.519. The lowest BCUT2D eigenvalue weighted by Crippen LogP contribution is -2.18. The van der Waals surface area contributed by atoms with Gasteiger partial charge in [0.2, 0.25) is 0 Å². The number of furan rings is 1. The van der Waals surface area contributed by atoms with Crippen molar-refractivity contribution in [3.63, 3.8) is 0 Å². The van der Waals surface area contributed by atoms with Crippen LogP contribution in [0.2, 0.25) is 5.02 Å². The van der Waals surface area contributed by atoms with E-state index in [1.165, 1.54) is 32.9 Å². The number of rotatable bonds is 4. The van der Waals surface area contributed by atoms with Crippen LogP contribution in [0, 0.1) is 5.92 Å². The summed E-state index contributed by atoms with van der Waals surface area (Å²) < 4.78 is 6.45. The molecule has 0 fully saturated rings. The second-order valence-electron chi connectivity index (χ2n) is 11.8. The van der Waals surface area contributed by atoms with E-state index < -0.39 is 0 Å². The average Bonchev–Trinajstić information content (AvgIpc) is 3.41. The van der Waals surface area contributed by atoms with E-state index in [1.807, 2.05) is 0 Å². The van der Waals surface area contributed by atoms with Crippen LogP contribution in [0.3, 0.4) is 0 Å². The van der Waals surface area contributed by atoms with Crippen LogP contribution < -0.4 is 0 Å². The Morgan fingerprint density at radius 2 is 1.45 bits per heavy atom. The zero-order chi connectivity index (χ0) is 29.6. The highest BCUT2D eigenvalue weighted by Gasteiger charge is 2.29. The average molecular weight is 590 g/mol. The van der Waals surface area contributed by atoms with Crippen LogP contribution in [0.1, 0.15) is 48.9 Å². The Bertz CT molecular complexity index is 2240. The van der Waals surface area contributed by atoms with Crippen LogP contribution in [-0.2, 0) is 0 Å². The summed E-state index contributed by atoms with van der Waals surface area (Å²) in [5.74, 6) is 0.219. The van der Waals surface area contributed by atoms with Crippen LogP contribution >= 0.6 is 11.6 Å². The minimum atomic E-state index is -0.0304. The van der Waals surface area contributed by atoms with Crippen LogP contribution in [0.4, 0.5) is 0 Å². The number of allylic oxidation sites excluding steroid dienone is 1. The molecule has 2 nitrogen and oxygen atoms in total. The molecule has 1 aliphatic rings. The molecule has 44 heavy (non-hydrogen) atoms. The number of benzene rings is 6. The maximum atomic E-state index is 7.07. The van der Waals surface area contributed by atoms with Gasteiger partial charge in [-0.05, 0) is 81.8 Å². The predicted molar refractivity (Wildman–Crippen MR) is 187 cm³/mol. The van der Waals surface area contributed by atoms with Crippen molar-refractivity contribution in [2.75, 3.05) is 0 Å². The second-order valence-corrected chi connectivity index (χ2v) is 12.2. The molecule has 3 heteroatoms. The fourth-order valence-electron chi connectivity index (χ4n) is 7.12. The fourth-order valence-corrected chi connectivity index (χ4v) is 7.43. The highest BCUT2D eigenvalue weighted by atomic mass is 35.5. The molecule has 0 amide bonds. The minimum absolute atomic E-state index is 0.0304. The van der Waals surface area contributed by atoms with E-state index in [2.05, 4.69) is 134 Å². The highest BCUT2D eigenvalue weighted by molar-refractivity contribution is 6.38. The van der Waals surface area contributed by atoms with E-state index in [0.717, 1.165) is 57.9 Å². The molecule has 2 unspecified atom stereocenters. The van der Waals surface area contributed by atoms with E-state index in [-0.39, 0.29) is 12.0 Å². The molecular formula is C41H32ClNO. The molecule has 214 valence electrons. The molecule has 0 aliphatic carbocycles. The maximum Gasteiger partial charge on any atom is 0.137 e. The number of fused-ring (bicyclic) bond motifs is 5. The summed E-state index contributed by atoms with van der Waals surface area (Å²) in [6, 6.07) is 43.0. The van der Waals surface area contributed by atoms with Gasteiger partial charge in [0.25, 0.3) is 0 Å². The summed E-state index contributed by atoms with van der Waals surface area (Å²) in [6.07, 6.45) is 5.16. The first-order valence-electron chi connectivity index (χ1n) is 15.5. The largest absolute Gasteiger partial charge is 0.456 e. The van der Waals surface area contributed by atoms with Crippen molar-refractivity contribution < 1.29 is 4.42 Å². The van der Waals surface area contributed by atoms with Crippen LogP contribution in [0.15, 0.2) is 137 Å². The number of aliphatic imine (C=N–C) groups is 1. The normalized spacial score (nSPS) is 18.7. The Labute approximate surface area is 262 Å². The Morgan fingerprint density at radius 3 is 2.27 bits per heavy atom. The number of halogens is 1. The lowest BCUT2D eigenvalue weighted by Gasteiger charge is -2.30. The Balaban J connectivity index is 1.28. The topological polar surface area (TPSA) is 25.5 Å². The molecule has 6 aromatic carbocycles. The van der Waals surface area contributed by atoms with Gasteiger partial charge in [-0.25, -0.2) is 0 Å². The van der Waals surface area contributed by atoms with Gasteiger partial charge in [-0.15, -0.1) is 0 Å². The summed E-state index contributed by atoms with van der Waals surface area (Å²) in [6.45, 7) is 2.29. The predicted octanol–water partition coefficient (Wildman–Crippen LogP) is 12.0. The lowest BCUT2D eigenvalue weighted by atomic mass is 9.79. The number of nitrogens with zero attached hydrogens (tertiary/aromatic N) is 1. The summed E-state index contributed by atoms with van der Waals surface area (Å²) in [5.41, 5.74) is 7.69. The first kappa shape index (κ1) is 26.9. The molecule has 0 saturated heterocycles. The summed E-state index contributed by atoms with van der Waals surface area (Å²) in [7, 11) is 0. The zero-order valence-corrected chi connectivity index (χ0v) is 25.4. The first-order valence-corrected chi connectivity index (χ1v) is 15.9. The van der Waals surface area contributed by atoms with Gasteiger partial charge in [0.05, 0.1) is 11.1 Å². The van der Waals surface area contributed by atoms with E-state index in [4.69, 9.17) is 21.0 Å². The van der Waals surface area contributed by atoms with Crippen molar-refractivity contribution in [2.45, 2.75) is 32.2 Å². The fraction of sp³-hybridized carbons (Fsp3) is 0.146. The molecule has 2 heterocycles. The smallest absolute Gasteiger partial charge is 0.137 e. The van der Waals surface area contributed by atoms with Gasteiger partial charge in [-0.3, -0.25) is 4.99 Å². The standard InChI is InChI=1S/C41H32ClNO/c1-2-31-33(34-19-10-17-26-12-8-9-18-32(26)34)20-11-21-37(43-41(31)27-13-4-3-5-14-27)30-23-36(42)40-35-22-28-15-6-7-16-29(28)24-38(35)44-39(40)25-30/h3-10,12-20,22-25,31,41H,2,11,21H2,1H3/b33-20+,43-37?. The molecular weight excluding hydrogens is 558 g/mol. The minimum Gasteiger partial charge on any atom is -0.456 e. The van der Waals surface area contributed by atoms with Gasteiger partial charge in [0.15, 0.2) is 0 Å². The Hall–Kier alpha value is -4.66. The third-order valence-corrected chi connectivity index (χ3v) is 9.52. The zero-order valence-electron chi connectivity index (χ0n) is 24.6. The van der Waals surface area contributed by atoms with Crippen molar-refractivity contribution >= 4 is 66.4 Å². The molecule has 1 aromatic heterocycles. The van der Waals surface area contributed by atoms with E-state index in [1.54, 1.807) is 0 Å². The summed E-state index contributed by atoms with van der Waals surface area (Å²) in [4.78, 5) is 5.61. The van der Waals surface area contributed by atoms with Crippen molar-refractivity contribution in [1.29, 1.82) is 0 Å². The molecule has 0 N–H and O–H groups in total. The molecule has 0 spiro atoms. The van der Waals surface area contributed by atoms with Gasteiger partial charge in [-0.1, -0.05) is 122 Å². The maximum absolute atomic E-state index is 7.07. The molecule has 0 bridgehead atoms. The van der Waals surface area contributed by atoms with Crippen LogP contribution in [0.25, 0.3) is 49.1 Å². The molecule has 7 aromatic rings. The Kier molecular flexibility index (Phi) is 6.80. The van der Waals surface area contributed by atoms with E-state index >= 15 is 0 Å². The van der Waals surface area contributed by atoms with Gasteiger partial charge >= 0.3 is 0 Å². The van der Waals surface area contributed by atoms with Crippen LogP contribution in [-0.4, -0.2) is 5.71 Å². The van der Waals surface area contributed by atoms with Gasteiger partial charge < -0.3 is 4.42 Å². The monoisotopic (exact) mass is 589 g/mol. The summed E-state index contributed by atoms with van der Waals surface area (Å²) in [5, 5.41) is 7.61. The van der Waals surface area contributed by atoms with E-state index in [0.29, 0.717) is 5.02 Å². The third-order valence-electron chi connectivity index (χ3n) is 9.23. The number of hydrogen-bond acceptors (Lipinski definition) is 2. The molecule has 1 aliphatic heterocycles. The van der Waals surface area contributed by atoms with Gasteiger partial charge in [-0.2, -0.15) is 0 Å². The summed E-state index contributed by atoms with van der Waals surface area (Å²) >= 11 is 7.07. The van der Waals surface area contributed by atoms with Crippen molar-refractivity contribution in [1.82, 2.24) is 0 Å². The molecule has 2 atom stereocenters. The van der Waals surface area contributed by atoms with Crippen molar-refractivity contribution in [2.24, 2.45) is 10.9 Å². The first-order chi connectivity index (χ1) is 21.7. The quantitative estimate of drug-likeness (QED) is 0.200. The highest BCUT2D eigenvalue weighted by Crippen LogP contribution is 2.43. The molecule has 0 radical (unpaired) electrons. The third kappa shape index (κ3) is 4.62. The van der Waals surface area contributed by atoms with Crippen molar-refractivity contribution in [3.05, 3.63) is 149 Å². The molecule has 0 saturated carbocycles. The van der Waals surface area contributed by atoms with Crippen molar-refractivity contribution in [3.8, 4) is 0 Å². The SMILES string of the molecule is CCC1/C(c2cccc3ccccc23)=C\CCC(c2cc(Cl)c3c(c2)oc2cc4ccccc4cc23)=NC1c1ccccc1. The number of hydrogen-bond donors (Lipinski definition) is 0. The second kappa shape index (κ2) is 11.1. The van der Waals surface area contributed by atoms with E-state index in [9.17, 15) is 0 Å².